The van der Waals surface area contributed by atoms with Gasteiger partial charge in [0.05, 0.1) is 6.61 Å². The molecule has 7 N–H and O–H groups in total. The summed E-state index contributed by atoms with van der Waals surface area (Å²) in [6.07, 6.45) is 0.0144. The van der Waals surface area contributed by atoms with Gasteiger partial charge in [-0.25, -0.2) is 4.79 Å². The molecule has 0 aliphatic heterocycles. The third-order valence-electron chi connectivity index (χ3n) is 2.73. The van der Waals surface area contributed by atoms with E-state index in [1.807, 2.05) is 0 Å². The van der Waals surface area contributed by atoms with Gasteiger partial charge in [-0.1, -0.05) is 0 Å². The number of aliphatic hydroxyl groups is 1. The maximum atomic E-state index is 11.8. The van der Waals surface area contributed by atoms with Gasteiger partial charge < -0.3 is 31.9 Å². The summed E-state index contributed by atoms with van der Waals surface area (Å²) in [5.41, 5.74) is 5.18. The molecule has 10 heteroatoms. The number of carboxylic acid groups (broad SMARTS) is 1. The highest BCUT2D eigenvalue weighted by atomic mass is 16.4. The number of rotatable bonds is 10. The van der Waals surface area contributed by atoms with Crippen molar-refractivity contribution in [2.45, 2.75) is 38.3 Å². The summed E-state index contributed by atoms with van der Waals surface area (Å²) in [5, 5.41) is 24.2. The highest BCUT2D eigenvalue weighted by molar-refractivity contribution is 5.91. The second kappa shape index (κ2) is 10.4. The number of amides is 4. The number of nitrogens with one attached hydrogen (secondary N) is 3. The van der Waals surface area contributed by atoms with Crippen LogP contribution in [0, 0.1) is 0 Å². The molecule has 0 aromatic heterocycles. The minimum Gasteiger partial charge on any atom is -0.465 e. The molecule has 0 spiro atoms. The average molecular weight is 318 g/mol. The molecule has 0 bridgehead atoms. The Labute approximate surface area is 127 Å². The van der Waals surface area contributed by atoms with Crippen molar-refractivity contribution in [3.8, 4) is 0 Å². The number of nitrogens with two attached hydrogens (primary N) is 1. The highest BCUT2D eigenvalue weighted by Gasteiger charge is 2.24. The Morgan fingerprint density at radius 2 is 1.73 bits per heavy atom. The Balaban J connectivity index is 4.32. The van der Waals surface area contributed by atoms with Gasteiger partial charge in [0.1, 0.15) is 12.1 Å². The number of primary amides is 1. The lowest BCUT2D eigenvalue weighted by molar-refractivity contribution is -0.131. The third-order valence-corrected chi connectivity index (χ3v) is 2.73. The lowest BCUT2D eigenvalue weighted by Gasteiger charge is -2.20. The highest BCUT2D eigenvalue weighted by Crippen LogP contribution is 2.01. The van der Waals surface area contributed by atoms with Gasteiger partial charge in [-0.05, 0) is 19.3 Å². The minimum absolute atomic E-state index is 0.222. The molecule has 0 aliphatic rings. The fourth-order valence-electron chi connectivity index (χ4n) is 1.67. The third kappa shape index (κ3) is 8.74. The van der Waals surface area contributed by atoms with Crippen molar-refractivity contribution in [1.82, 2.24) is 16.0 Å². The zero-order valence-electron chi connectivity index (χ0n) is 12.3. The normalized spacial score (nSPS) is 12.8. The van der Waals surface area contributed by atoms with Gasteiger partial charge in [-0.15, -0.1) is 0 Å². The van der Waals surface area contributed by atoms with Crippen LogP contribution in [0.25, 0.3) is 0 Å². The van der Waals surface area contributed by atoms with Crippen LogP contribution in [-0.2, 0) is 14.4 Å². The Morgan fingerprint density at radius 1 is 1.09 bits per heavy atom. The number of hydrogen-bond donors (Lipinski definition) is 6. The van der Waals surface area contributed by atoms with Crippen molar-refractivity contribution in [2.24, 2.45) is 5.73 Å². The molecule has 22 heavy (non-hydrogen) atoms. The van der Waals surface area contributed by atoms with Crippen LogP contribution in [-0.4, -0.2) is 59.3 Å². The van der Waals surface area contributed by atoms with E-state index in [9.17, 15) is 19.2 Å². The SMILES string of the molecule is CC(=O)NC(CO)C(=O)NC(CCCCNC(=O)O)C(N)=O. The first-order valence-electron chi connectivity index (χ1n) is 6.72. The quantitative estimate of drug-likeness (QED) is 0.252. The first-order chi connectivity index (χ1) is 10.3. The zero-order valence-corrected chi connectivity index (χ0v) is 12.3. The van der Waals surface area contributed by atoms with E-state index in [-0.39, 0.29) is 13.0 Å². The largest absolute Gasteiger partial charge is 0.465 e. The molecule has 0 heterocycles. The van der Waals surface area contributed by atoms with Crippen molar-refractivity contribution >= 4 is 23.8 Å². The van der Waals surface area contributed by atoms with Crippen LogP contribution in [0.15, 0.2) is 0 Å². The Bertz CT molecular complexity index is 414. The van der Waals surface area contributed by atoms with E-state index in [2.05, 4.69) is 16.0 Å². The molecule has 0 radical (unpaired) electrons. The summed E-state index contributed by atoms with van der Waals surface area (Å²) < 4.78 is 0. The van der Waals surface area contributed by atoms with Gasteiger partial charge in [-0.2, -0.15) is 0 Å². The lowest BCUT2D eigenvalue weighted by Crippen LogP contribution is -2.53. The van der Waals surface area contributed by atoms with Crippen molar-refractivity contribution in [3.05, 3.63) is 0 Å². The first-order valence-corrected chi connectivity index (χ1v) is 6.72. The molecule has 0 fully saturated rings. The van der Waals surface area contributed by atoms with E-state index < -0.39 is 42.5 Å². The molecule has 0 rings (SSSR count). The molecule has 2 unspecified atom stereocenters. The molecule has 2 atom stereocenters. The van der Waals surface area contributed by atoms with E-state index in [1.54, 1.807) is 0 Å². The predicted molar refractivity (Wildman–Crippen MR) is 75.7 cm³/mol. The van der Waals surface area contributed by atoms with Crippen LogP contribution < -0.4 is 21.7 Å². The second-order valence-electron chi connectivity index (χ2n) is 4.63. The van der Waals surface area contributed by atoms with E-state index in [4.69, 9.17) is 15.9 Å². The summed E-state index contributed by atoms with van der Waals surface area (Å²) in [7, 11) is 0. The monoisotopic (exact) mass is 318 g/mol. The molecule has 0 saturated heterocycles. The Hall–Kier alpha value is -2.36. The van der Waals surface area contributed by atoms with Crippen LogP contribution >= 0.6 is 0 Å². The van der Waals surface area contributed by atoms with Crippen molar-refractivity contribution < 1.29 is 29.4 Å². The van der Waals surface area contributed by atoms with Crippen LogP contribution in [0.3, 0.4) is 0 Å². The zero-order chi connectivity index (χ0) is 17.1. The molecule has 4 amide bonds. The average Bonchev–Trinajstić information content (AvgIpc) is 2.41. The number of carbonyl (C=O) groups excluding carboxylic acids is 3. The number of carbonyl (C=O) groups is 4. The summed E-state index contributed by atoms with van der Waals surface area (Å²) >= 11 is 0. The molecule has 0 aliphatic carbocycles. The Morgan fingerprint density at radius 3 is 2.18 bits per heavy atom. The van der Waals surface area contributed by atoms with E-state index >= 15 is 0 Å². The van der Waals surface area contributed by atoms with Gasteiger partial charge in [0.15, 0.2) is 0 Å². The minimum atomic E-state index is -1.16. The number of unbranched alkanes of at least 4 members (excludes halogenated alkanes) is 1. The standard InChI is InChI=1S/C12H22N4O6/c1-7(18)15-9(6-17)11(20)16-8(10(13)19)4-2-3-5-14-12(21)22/h8-9,14,17H,2-6H2,1H3,(H2,13,19)(H,15,18)(H,16,20)(H,21,22). The van der Waals surface area contributed by atoms with Gasteiger partial charge in [0.2, 0.25) is 17.7 Å². The molecule has 126 valence electrons. The Kier molecular flexibility index (Phi) is 9.27. The molecule has 0 saturated carbocycles. The number of hydrogen-bond acceptors (Lipinski definition) is 5. The van der Waals surface area contributed by atoms with Crippen LogP contribution in [0.2, 0.25) is 0 Å². The first kappa shape index (κ1) is 19.6. The summed E-state index contributed by atoms with van der Waals surface area (Å²) in [6.45, 7) is 0.802. The molecule has 0 aromatic carbocycles. The second-order valence-corrected chi connectivity index (χ2v) is 4.63. The van der Waals surface area contributed by atoms with Crippen LogP contribution in [0.1, 0.15) is 26.2 Å². The van der Waals surface area contributed by atoms with Crippen LogP contribution in [0.4, 0.5) is 4.79 Å². The molecule has 10 nitrogen and oxygen atoms in total. The molecule has 0 aromatic rings. The maximum Gasteiger partial charge on any atom is 0.404 e. The predicted octanol–water partition coefficient (Wildman–Crippen LogP) is -2.11. The maximum absolute atomic E-state index is 11.8. The topological polar surface area (TPSA) is 171 Å². The summed E-state index contributed by atoms with van der Waals surface area (Å²) in [5.74, 6) is -1.96. The van der Waals surface area contributed by atoms with E-state index in [0.717, 1.165) is 0 Å². The fourth-order valence-corrected chi connectivity index (χ4v) is 1.67. The number of aliphatic hydroxyl groups excluding tert-OH is 1. The lowest BCUT2D eigenvalue weighted by atomic mass is 10.1. The van der Waals surface area contributed by atoms with Crippen molar-refractivity contribution in [1.29, 1.82) is 0 Å². The summed E-state index contributed by atoms with van der Waals surface area (Å²) in [4.78, 5) is 44.2. The van der Waals surface area contributed by atoms with Gasteiger partial charge in [0.25, 0.3) is 0 Å². The van der Waals surface area contributed by atoms with Crippen molar-refractivity contribution in [3.63, 3.8) is 0 Å². The fraction of sp³-hybridized carbons (Fsp3) is 0.667. The van der Waals surface area contributed by atoms with E-state index in [1.165, 1.54) is 6.92 Å². The van der Waals surface area contributed by atoms with Gasteiger partial charge in [0, 0.05) is 13.5 Å². The van der Waals surface area contributed by atoms with Crippen LogP contribution in [0.5, 0.6) is 0 Å². The van der Waals surface area contributed by atoms with E-state index in [0.29, 0.717) is 12.8 Å². The smallest absolute Gasteiger partial charge is 0.404 e. The molecular weight excluding hydrogens is 296 g/mol. The summed E-state index contributed by atoms with van der Waals surface area (Å²) in [6, 6.07) is -2.12. The van der Waals surface area contributed by atoms with Gasteiger partial charge in [-0.3, -0.25) is 14.4 Å². The van der Waals surface area contributed by atoms with Crippen molar-refractivity contribution in [2.75, 3.05) is 13.2 Å². The van der Waals surface area contributed by atoms with Gasteiger partial charge >= 0.3 is 6.09 Å². The molecular formula is C12H22N4O6.